The first-order valence-electron chi connectivity index (χ1n) is 6.39. The van der Waals surface area contributed by atoms with E-state index in [-0.39, 0.29) is 0 Å². The first-order valence-corrected chi connectivity index (χ1v) is 6.39. The zero-order chi connectivity index (χ0) is 11.8. The number of unbranched alkanes of at least 4 members (excludes halogenated alkanes) is 1. The lowest BCUT2D eigenvalue weighted by atomic mass is 10.1. The molecule has 0 aromatic carbocycles. The minimum atomic E-state index is 0.311. The smallest absolute Gasteiger partial charge is 0.0905 e. The molecular formula is C12H25N3O. The van der Waals surface area contributed by atoms with Crippen molar-refractivity contribution in [3.63, 3.8) is 0 Å². The zero-order valence-corrected chi connectivity index (χ0v) is 10.4. The lowest BCUT2D eigenvalue weighted by molar-refractivity contribution is 0.00565. The topological polar surface area (TPSA) is 62.3 Å². The maximum Gasteiger partial charge on any atom is 0.0905 e. The van der Waals surface area contributed by atoms with Crippen LogP contribution in [0.3, 0.4) is 0 Å². The molecule has 1 aliphatic heterocycles. The molecule has 0 aliphatic carbocycles. The van der Waals surface area contributed by atoms with Crippen LogP contribution >= 0.6 is 0 Å². The molecule has 0 spiro atoms. The monoisotopic (exact) mass is 227 g/mol. The minimum absolute atomic E-state index is 0.311. The van der Waals surface area contributed by atoms with Gasteiger partial charge in [-0.3, -0.25) is 5.41 Å². The van der Waals surface area contributed by atoms with Gasteiger partial charge in [-0.15, -0.1) is 0 Å². The Morgan fingerprint density at radius 1 is 1.50 bits per heavy atom. The molecule has 1 heterocycles. The Hall–Kier alpha value is -0.610. The van der Waals surface area contributed by atoms with Crippen molar-refractivity contribution in [1.29, 1.82) is 5.41 Å². The van der Waals surface area contributed by atoms with Gasteiger partial charge in [-0.05, 0) is 45.7 Å². The van der Waals surface area contributed by atoms with E-state index >= 15 is 0 Å². The van der Waals surface area contributed by atoms with Gasteiger partial charge in [0.25, 0.3) is 0 Å². The van der Waals surface area contributed by atoms with E-state index in [1.807, 2.05) is 0 Å². The first-order chi connectivity index (χ1) is 7.72. The highest BCUT2D eigenvalue weighted by atomic mass is 16.5. The van der Waals surface area contributed by atoms with Gasteiger partial charge in [0.2, 0.25) is 0 Å². The molecule has 0 aromatic rings. The predicted octanol–water partition coefficient (Wildman–Crippen LogP) is 1.59. The standard InChI is InChI=1S/C12H25N3O/c1-2-16-11-6-5-9-15(10-11)8-4-3-7-12(13)14/h11H,2-10H2,1H3,(H3,13,14). The van der Waals surface area contributed by atoms with E-state index < -0.39 is 0 Å². The van der Waals surface area contributed by atoms with E-state index in [2.05, 4.69) is 11.8 Å². The molecule has 0 amide bonds. The Labute approximate surface area is 98.6 Å². The highest BCUT2D eigenvalue weighted by Crippen LogP contribution is 2.13. The van der Waals surface area contributed by atoms with Crippen LogP contribution in [0.5, 0.6) is 0 Å². The zero-order valence-electron chi connectivity index (χ0n) is 10.4. The highest BCUT2D eigenvalue weighted by molar-refractivity contribution is 5.76. The van der Waals surface area contributed by atoms with Gasteiger partial charge >= 0.3 is 0 Å². The molecule has 0 saturated carbocycles. The number of hydrogen-bond acceptors (Lipinski definition) is 3. The van der Waals surface area contributed by atoms with Crippen LogP contribution in [0.2, 0.25) is 0 Å². The van der Waals surface area contributed by atoms with Crippen LogP contribution in [0.15, 0.2) is 0 Å². The summed E-state index contributed by atoms with van der Waals surface area (Å²) in [7, 11) is 0. The fourth-order valence-electron chi connectivity index (χ4n) is 2.24. The lowest BCUT2D eigenvalue weighted by Gasteiger charge is -2.32. The molecule has 1 unspecified atom stereocenters. The van der Waals surface area contributed by atoms with Gasteiger partial charge < -0.3 is 15.4 Å². The molecule has 1 fully saturated rings. The van der Waals surface area contributed by atoms with Crippen LogP contribution in [0.4, 0.5) is 0 Å². The lowest BCUT2D eigenvalue weighted by Crippen LogP contribution is -2.40. The molecule has 3 N–H and O–H groups in total. The molecule has 16 heavy (non-hydrogen) atoms. The Kier molecular flexibility index (Phi) is 6.42. The average Bonchev–Trinajstić information content (AvgIpc) is 2.25. The third kappa shape index (κ3) is 5.47. The number of likely N-dealkylation sites (tertiary alicyclic amines) is 1. The quantitative estimate of drug-likeness (QED) is 0.394. The number of piperidine rings is 1. The summed E-state index contributed by atoms with van der Waals surface area (Å²) in [4.78, 5) is 2.48. The molecule has 4 heteroatoms. The summed E-state index contributed by atoms with van der Waals surface area (Å²) in [5, 5.41) is 7.15. The summed E-state index contributed by atoms with van der Waals surface area (Å²) >= 11 is 0. The Morgan fingerprint density at radius 2 is 2.31 bits per heavy atom. The van der Waals surface area contributed by atoms with Gasteiger partial charge in [0.1, 0.15) is 0 Å². The number of hydrogen-bond donors (Lipinski definition) is 2. The van der Waals surface area contributed by atoms with Crippen molar-refractivity contribution in [2.45, 2.75) is 45.1 Å². The molecule has 94 valence electrons. The summed E-state index contributed by atoms with van der Waals surface area (Å²) in [5.74, 6) is 0.311. The van der Waals surface area contributed by atoms with Crippen LogP contribution in [0, 0.1) is 5.41 Å². The molecule has 1 atom stereocenters. The van der Waals surface area contributed by atoms with Gasteiger partial charge in [0.15, 0.2) is 0 Å². The second-order valence-electron chi connectivity index (χ2n) is 4.50. The van der Waals surface area contributed by atoms with Gasteiger partial charge in [0, 0.05) is 19.6 Å². The second kappa shape index (κ2) is 7.63. The number of nitrogens with zero attached hydrogens (tertiary/aromatic N) is 1. The second-order valence-corrected chi connectivity index (χ2v) is 4.50. The molecule has 4 nitrogen and oxygen atoms in total. The normalized spacial score (nSPS) is 22.2. The maximum absolute atomic E-state index is 7.15. The SMILES string of the molecule is CCOC1CCCN(CCCCC(=N)N)C1. The molecule has 1 rings (SSSR count). The molecule has 1 saturated heterocycles. The third-order valence-electron chi connectivity index (χ3n) is 3.04. The van der Waals surface area contributed by atoms with Gasteiger partial charge in [0.05, 0.1) is 11.9 Å². The summed E-state index contributed by atoms with van der Waals surface area (Å²) < 4.78 is 5.66. The van der Waals surface area contributed by atoms with E-state index in [4.69, 9.17) is 15.9 Å². The molecule has 1 aliphatic rings. The highest BCUT2D eigenvalue weighted by Gasteiger charge is 2.19. The van der Waals surface area contributed by atoms with Crippen molar-refractivity contribution in [2.75, 3.05) is 26.2 Å². The van der Waals surface area contributed by atoms with E-state index in [0.29, 0.717) is 11.9 Å². The Balaban J connectivity index is 2.09. The summed E-state index contributed by atoms with van der Waals surface area (Å²) in [6.07, 6.45) is 5.80. The maximum atomic E-state index is 7.15. The van der Waals surface area contributed by atoms with Crippen molar-refractivity contribution in [2.24, 2.45) is 5.73 Å². The molecule has 0 bridgehead atoms. The largest absolute Gasteiger partial charge is 0.388 e. The fourth-order valence-corrected chi connectivity index (χ4v) is 2.24. The number of rotatable bonds is 7. The summed E-state index contributed by atoms with van der Waals surface area (Å²) in [5.41, 5.74) is 5.32. The van der Waals surface area contributed by atoms with Crippen molar-refractivity contribution in [3.8, 4) is 0 Å². The molecule has 0 aromatic heterocycles. The Bertz CT molecular complexity index is 206. The summed E-state index contributed by atoms with van der Waals surface area (Å²) in [6.45, 7) is 6.28. The fraction of sp³-hybridized carbons (Fsp3) is 0.917. The van der Waals surface area contributed by atoms with Crippen molar-refractivity contribution in [1.82, 2.24) is 4.90 Å². The average molecular weight is 227 g/mol. The predicted molar refractivity (Wildman–Crippen MR) is 66.9 cm³/mol. The van der Waals surface area contributed by atoms with Crippen molar-refractivity contribution >= 4 is 5.84 Å². The van der Waals surface area contributed by atoms with Gasteiger partial charge in [-0.25, -0.2) is 0 Å². The summed E-state index contributed by atoms with van der Waals surface area (Å²) in [6, 6.07) is 0. The molecule has 0 radical (unpaired) electrons. The van der Waals surface area contributed by atoms with E-state index in [0.717, 1.165) is 39.0 Å². The number of amidine groups is 1. The van der Waals surface area contributed by atoms with Crippen LogP contribution in [0.25, 0.3) is 0 Å². The van der Waals surface area contributed by atoms with Crippen LogP contribution in [0.1, 0.15) is 39.0 Å². The van der Waals surface area contributed by atoms with Crippen LogP contribution < -0.4 is 5.73 Å². The van der Waals surface area contributed by atoms with Crippen molar-refractivity contribution in [3.05, 3.63) is 0 Å². The third-order valence-corrected chi connectivity index (χ3v) is 3.04. The number of nitrogens with two attached hydrogens (primary N) is 1. The van der Waals surface area contributed by atoms with E-state index in [1.54, 1.807) is 0 Å². The Morgan fingerprint density at radius 3 is 3.00 bits per heavy atom. The van der Waals surface area contributed by atoms with Crippen LogP contribution in [-0.2, 0) is 4.74 Å². The van der Waals surface area contributed by atoms with Crippen molar-refractivity contribution < 1.29 is 4.74 Å². The minimum Gasteiger partial charge on any atom is -0.388 e. The van der Waals surface area contributed by atoms with Crippen LogP contribution in [-0.4, -0.2) is 43.1 Å². The van der Waals surface area contributed by atoms with E-state index in [9.17, 15) is 0 Å². The number of ether oxygens (including phenoxy) is 1. The van der Waals surface area contributed by atoms with Gasteiger partial charge in [-0.1, -0.05) is 0 Å². The number of nitrogens with one attached hydrogen (secondary N) is 1. The molecular weight excluding hydrogens is 202 g/mol. The van der Waals surface area contributed by atoms with Gasteiger partial charge in [-0.2, -0.15) is 0 Å². The first kappa shape index (κ1) is 13.5. The van der Waals surface area contributed by atoms with E-state index in [1.165, 1.54) is 19.4 Å².